The normalized spacial score (nSPS) is 12.2. The van der Waals surface area contributed by atoms with Crippen molar-refractivity contribution in [2.75, 3.05) is 5.75 Å². The number of rotatable bonds is 7. The molecule has 4 heteroatoms. The van der Waals surface area contributed by atoms with Crippen molar-refractivity contribution in [3.8, 4) is 0 Å². The van der Waals surface area contributed by atoms with Crippen LogP contribution in [0.4, 0.5) is 0 Å². The van der Waals surface area contributed by atoms with Crippen molar-refractivity contribution in [3.63, 3.8) is 0 Å². The van der Waals surface area contributed by atoms with E-state index in [1.165, 1.54) is 16.9 Å². The van der Waals surface area contributed by atoms with Crippen molar-refractivity contribution in [1.29, 1.82) is 0 Å². The van der Waals surface area contributed by atoms with Crippen LogP contribution >= 0.6 is 11.3 Å². The quantitative estimate of drug-likeness (QED) is 0.725. The Hall–Kier alpha value is -1.26. The molecule has 2 aromatic rings. The summed E-state index contributed by atoms with van der Waals surface area (Å²) in [4.78, 5) is 12.6. The highest BCUT2D eigenvalue weighted by atomic mass is 32.2. The number of thiophene rings is 1. The Balaban J connectivity index is 1.76. The third-order valence-electron chi connectivity index (χ3n) is 3.15. The van der Waals surface area contributed by atoms with Crippen LogP contribution < -0.4 is 0 Å². The maximum atomic E-state index is 12.0. The zero-order chi connectivity index (χ0) is 14.4. The number of aryl methyl sites for hydroxylation is 1. The van der Waals surface area contributed by atoms with Gasteiger partial charge in [0.2, 0.25) is 0 Å². The molecular formula is C16H18O2S2. The van der Waals surface area contributed by atoms with Crippen LogP contribution in [0.1, 0.15) is 33.6 Å². The van der Waals surface area contributed by atoms with Gasteiger partial charge in [-0.15, -0.1) is 11.3 Å². The number of carbonyl (C=O) groups excluding carboxylic acids is 1. The van der Waals surface area contributed by atoms with Gasteiger partial charge in [-0.1, -0.05) is 30.3 Å². The Morgan fingerprint density at radius 1 is 1.20 bits per heavy atom. The number of ketones is 1. The molecule has 1 aromatic heterocycles. The van der Waals surface area contributed by atoms with Gasteiger partial charge < -0.3 is 0 Å². The molecule has 0 N–H and O–H groups in total. The zero-order valence-corrected chi connectivity index (χ0v) is 13.1. The van der Waals surface area contributed by atoms with Gasteiger partial charge in [-0.2, -0.15) is 0 Å². The predicted octanol–water partition coefficient (Wildman–Crippen LogP) is 3.97. The molecule has 0 saturated heterocycles. The lowest BCUT2D eigenvalue weighted by Crippen LogP contribution is -2.05. The molecule has 0 spiro atoms. The molecule has 1 aromatic carbocycles. The van der Waals surface area contributed by atoms with Crippen LogP contribution in [0.25, 0.3) is 0 Å². The summed E-state index contributed by atoms with van der Waals surface area (Å²) in [6.45, 7) is 2.03. The van der Waals surface area contributed by atoms with E-state index in [2.05, 4.69) is 0 Å². The largest absolute Gasteiger partial charge is 0.293 e. The Bertz CT molecular complexity index is 588. The van der Waals surface area contributed by atoms with Gasteiger partial charge in [-0.05, 0) is 35.9 Å². The van der Waals surface area contributed by atoms with Crippen LogP contribution in [0.3, 0.4) is 0 Å². The predicted molar refractivity (Wildman–Crippen MR) is 85.8 cm³/mol. The smallest absolute Gasteiger partial charge is 0.172 e. The summed E-state index contributed by atoms with van der Waals surface area (Å²) in [6.07, 6.45) is 1.18. The highest BCUT2D eigenvalue weighted by Gasteiger charge is 2.09. The average molecular weight is 306 g/mol. The fourth-order valence-electron chi connectivity index (χ4n) is 1.97. The molecule has 0 fully saturated rings. The van der Waals surface area contributed by atoms with Crippen LogP contribution in [-0.2, 0) is 16.6 Å². The van der Waals surface area contributed by atoms with Gasteiger partial charge in [-0.25, -0.2) is 0 Å². The molecule has 2 nitrogen and oxygen atoms in total. The summed E-state index contributed by atoms with van der Waals surface area (Å²) in [5.41, 5.74) is 2.31. The van der Waals surface area contributed by atoms with Crippen molar-refractivity contribution in [1.82, 2.24) is 0 Å². The van der Waals surface area contributed by atoms with Crippen molar-refractivity contribution in [2.24, 2.45) is 0 Å². The standard InChI is InChI=1S/C16H18O2S2/c1-13-6-2-3-7-14(13)12-20(18)11-5-8-15(17)16-9-4-10-19-16/h2-4,6-7,9-10H,5,8,11-12H2,1H3. The number of benzene rings is 1. The van der Waals surface area contributed by atoms with E-state index < -0.39 is 10.8 Å². The first-order valence-corrected chi connectivity index (χ1v) is 9.00. The fraction of sp³-hybridized carbons (Fsp3) is 0.312. The Labute approximate surface area is 126 Å². The Kier molecular flexibility index (Phi) is 5.68. The second-order valence-corrected chi connectivity index (χ2v) is 7.24. The molecule has 1 atom stereocenters. The summed E-state index contributed by atoms with van der Waals surface area (Å²) in [5, 5.41) is 1.91. The maximum absolute atomic E-state index is 12.0. The molecule has 0 aliphatic rings. The third-order valence-corrected chi connectivity index (χ3v) is 5.44. The number of hydrogen-bond acceptors (Lipinski definition) is 3. The van der Waals surface area contributed by atoms with E-state index in [0.717, 1.165) is 10.4 Å². The molecular weight excluding hydrogens is 288 g/mol. The Morgan fingerprint density at radius 3 is 2.70 bits per heavy atom. The van der Waals surface area contributed by atoms with E-state index in [-0.39, 0.29) is 5.78 Å². The molecule has 0 amide bonds. The van der Waals surface area contributed by atoms with Gasteiger partial charge in [0.1, 0.15) is 0 Å². The molecule has 1 heterocycles. The molecule has 2 rings (SSSR count). The second kappa shape index (κ2) is 7.50. The van der Waals surface area contributed by atoms with Crippen molar-refractivity contribution in [3.05, 3.63) is 57.8 Å². The number of hydrogen-bond donors (Lipinski definition) is 0. The minimum Gasteiger partial charge on any atom is -0.293 e. The average Bonchev–Trinajstić information content (AvgIpc) is 2.95. The van der Waals surface area contributed by atoms with Gasteiger partial charge in [0.05, 0.1) is 4.88 Å². The van der Waals surface area contributed by atoms with E-state index in [1.54, 1.807) is 0 Å². The van der Waals surface area contributed by atoms with Gasteiger partial charge >= 0.3 is 0 Å². The lowest BCUT2D eigenvalue weighted by molar-refractivity contribution is 0.0986. The lowest BCUT2D eigenvalue weighted by Gasteiger charge is -2.05. The fourth-order valence-corrected chi connectivity index (χ4v) is 3.95. The topological polar surface area (TPSA) is 34.1 Å². The Morgan fingerprint density at radius 2 is 2.00 bits per heavy atom. The summed E-state index contributed by atoms with van der Waals surface area (Å²) in [7, 11) is -0.893. The molecule has 0 saturated carbocycles. The van der Waals surface area contributed by atoms with E-state index >= 15 is 0 Å². The van der Waals surface area contributed by atoms with Gasteiger partial charge in [0.15, 0.2) is 5.78 Å². The van der Waals surface area contributed by atoms with Gasteiger partial charge in [-0.3, -0.25) is 9.00 Å². The third kappa shape index (κ3) is 4.39. The summed E-state index contributed by atoms with van der Waals surface area (Å²) in [6, 6.07) is 11.7. The van der Waals surface area contributed by atoms with Gasteiger partial charge in [0.25, 0.3) is 0 Å². The molecule has 0 bridgehead atoms. The summed E-state index contributed by atoms with van der Waals surface area (Å²) >= 11 is 1.47. The van der Waals surface area contributed by atoms with E-state index in [1.807, 2.05) is 48.7 Å². The molecule has 20 heavy (non-hydrogen) atoms. The van der Waals surface area contributed by atoms with Crippen LogP contribution in [-0.4, -0.2) is 15.7 Å². The molecule has 1 unspecified atom stereocenters. The minimum atomic E-state index is -0.893. The summed E-state index contributed by atoms with van der Waals surface area (Å²) < 4.78 is 12.0. The second-order valence-electron chi connectivity index (χ2n) is 4.72. The number of Topliss-reactive ketones (excluding diaryl/α,β-unsaturated/α-hetero) is 1. The van der Waals surface area contributed by atoms with E-state index in [0.29, 0.717) is 24.3 Å². The highest BCUT2D eigenvalue weighted by Crippen LogP contribution is 2.14. The van der Waals surface area contributed by atoms with Gasteiger partial charge in [0, 0.05) is 28.7 Å². The van der Waals surface area contributed by atoms with Crippen LogP contribution in [0.2, 0.25) is 0 Å². The van der Waals surface area contributed by atoms with Crippen molar-refractivity contribution < 1.29 is 9.00 Å². The van der Waals surface area contributed by atoms with E-state index in [4.69, 9.17) is 0 Å². The first-order chi connectivity index (χ1) is 9.66. The first kappa shape index (κ1) is 15.1. The number of carbonyl (C=O) groups is 1. The molecule has 0 aliphatic heterocycles. The minimum absolute atomic E-state index is 0.160. The zero-order valence-electron chi connectivity index (χ0n) is 11.5. The van der Waals surface area contributed by atoms with Crippen LogP contribution in [0.5, 0.6) is 0 Å². The first-order valence-electron chi connectivity index (χ1n) is 6.63. The van der Waals surface area contributed by atoms with Crippen molar-refractivity contribution >= 4 is 27.9 Å². The molecule has 0 aliphatic carbocycles. The van der Waals surface area contributed by atoms with Crippen LogP contribution in [0.15, 0.2) is 41.8 Å². The highest BCUT2D eigenvalue weighted by molar-refractivity contribution is 7.84. The van der Waals surface area contributed by atoms with E-state index in [9.17, 15) is 9.00 Å². The molecule has 0 radical (unpaired) electrons. The lowest BCUT2D eigenvalue weighted by atomic mass is 10.1. The van der Waals surface area contributed by atoms with Crippen molar-refractivity contribution in [2.45, 2.75) is 25.5 Å². The SMILES string of the molecule is Cc1ccccc1CS(=O)CCCC(=O)c1cccs1. The summed E-state index contributed by atoms with van der Waals surface area (Å²) in [5.74, 6) is 1.33. The van der Waals surface area contributed by atoms with Crippen LogP contribution in [0, 0.1) is 6.92 Å². The molecule has 106 valence electrons. The monoisotopic (exact) mass is 306 g/mol. The maximum Gasteiger partial charge on any atom is 0.172 e.